The number of hydrogen-bond donors (Lipinski definition) is 1. The van der Waals surface area contributed by atoms with Gasteiger partial charge in [0.05, 0.1) is 22.1 Å². The number of thiazole rings is 1. The molecule has 0 aliphatic heterocycles. The summed E-state index contributed by atoms with van der Waals surface area (Å²) in [5.41, 5.74) is 0.655. The van der Waals surface area contributed by atoms with Crippen molar-refractivity contribution in [1.29, 1.82) is 0 Å². The van der Waals surface area contributed by atoms with Crippen LogP contribution in [0.1, 0.15) is 23.0 Å². The van der Waals surface area contributed by atoms with Crippen molar-refractivity contribution in [2.45, 2.75) is 6.92 Å². The van der Waals surface area contributed by atoms with Gasteiger partial charge < -0.3 is 14.1 Å². The van der Waals surface area contributed by atoms with E-state index in [4.69, 9.17) is 9.15 Å². The van der Waals surface area contributed by atoms with Gasteiger partial charge in [-0.1, -0.05) is 12.1 Å². The summed E-state index contributed by atoms with van der Waals surface area (Å²) in [6, 6.07) is 10.7. The molecule has 122 valence electrons. The Bertz CT molecular complexity index is 995. The van der Waals surface area contributed by atoms with Crippen molar-refractivity contribution in [3.8, 4) is 5.75 Å². The molecule has 0 saturated carbocycles. The van der Waals surface area contributed by atoms with Crippen LogP contribution in [0.3, 0.4) is 0 Å². The third kappa shape index (κ3) is 3.72. The second-order valence-corrected chi connectivity index (χ2v) is 6.00. The minimum absolute atomic E-state index is 0.229. The van der Waals surface area contributed by atoms with Crippen LogP contribution in [-0.4, -0.2) is 17.4 Å². The Hall–Kier alpha value is -2.86. The van der Waals surface area contributed by atoms with Crippen LogP contribution in [0.5, 0.6) is 5.75 Å². The zero-order valence-electron chi connectivity index (χ0n) is 12.9. The van der Waals surface area contributed by atoms with Crippen molar-refractivity contribution in [3.63, 3.8) is 0 Å². The van der Waals surface area contributed by atoms with E-state index in [0.29, 0.717) is 15.8 Å². The van der Waals surface area contributed by atoms with Crippen molar-refractivity contribution in [2.75, 3.05) is 6.61 Å². The maximum absolute atomic E-state index is 12.0. The van der Waals surface area contributed by atoms with Crippen LogP contribution in [0.2, 0.25) is 0 Å². The normalized spacial score (nSPS) is 12.5. The lowest BCUT2D eigenvalue weighted by molar-refractivity contribution is 0.103. The standard InChI is InChI=1S/C18H15NO4S/c1-2-22-13-7-5-12(6-8-13)10-16-18(21)19-17(24-16)11-14(20)15-4-3-9-23-15/h3-11H,2H2,1H3,(H,19,21)/b16-10-,17-11-. The molecule has 2 heterocycles. The number of ether oxygens (including phenoxy) is 1. The van der Waals surface area contributed by atoms with Crippen LogP contribution in [0, 0.1) is 0 Å². The van der Waals surface area contributed by atoms with E-state index >= 15 is 0 Å². The molecule has 0 aliphatic carbocycles. The summed E-state index contributed by atoms with van der Waals surface area (Å²) >= 11 is 1.22. The lowest BCUT2D eigenvalue weighted by atomic mass is 10.2. The van der Waals surface area contributed by atoms with Gasteiger partial charge in [-0.2, -0.15) is 0 Å². The predicted molar refractivity (Wildman–Crippen MR) is 92.9 cm³/mol. The third-order valence-corrected chi connectivity index (χ3v) is 4.16. The number of furan rings is 1. The summed E-state index contributed by atoms with van der Waals surface area (Å²) in [6.07, 6.45) is 4.57. The molecular formula is C18H15NO4S. The average Bonchev–Trinajstić information content (AvgIpc) is 3.20. The molecule has 2 aromatic heterocycles. The van der Waals surface area contributed by atoms with Crippen LogP contribution in [0.25, 0.3) is 12.2 Å². The van der Waals surface area contributed by atoms with E-state index in [1.807, 2.05) is 31.2 Å². The number of Topliss-reactive ketones (excluding diaryl/α,β-unsaturated/α-hetero) is 1. The molecular weight excluding hydrogens is 326 g/mol. The lowest BCUT2D eigenvalue weighted by Crippen LogP contribution is -2.19. The molecule has 0 radical (unpaired) electrons. The third-order valence-electron chi connectivity index (χ3n) is 3.20. The number of nitrogens with one attached hydrogen (secondary N) is 1. The molecule has 3 rings (SSSR count). The molecule has 0 bridgehead atoms. The molecule has 1 aromatic carbocycles. The Morgan fingerprint density at radius 3 is 2.75 bits per heavy atom. The minimum Gasteiger partial charge on any atom is -0.494 e. The molecule has 0 spiro atoms. The fraction of sp³-hybridized carbons (Fsp3) is 0.111. The molecule has 0 saturated heterocycles. The Morgan fingerprint density at radius 1 is 1.29 bits per heavy atom. The Balaban J connectivity index is 1.91. The van der Waals surface area contributed by atoms with Gasteiger partial charge in [0.2, 0.25) is 5.78 Å². The van der Waals surface area contributed by atoms with E-state index in [9.17, 15) is 9.59 Å². The zero-order valence-corrected chi connectivity index (χ0v) is 13.8. The van der Waals surface area contributed by atoms with Crippen LogP contribution in [0.15, 0.2) is 51.9 Å². The van der Waals surface area contributed by atoms with Gasteiger partial charge in [-0.15, -0.1) is 11.3 Å². The summed E-state index contributed by atoms with van der Waals surface area (Å²) in [5.74, 6) is 0.735. The van der Waals surface area contributed by atoms with E-state index in [-0.39, 0.29) is 17.1 Å². The van der Waals surface area contributed by atoms with Crippen molar-refractivity contribution >= 4 is 29.3 Å². The molecule has 0 amide bonds. The summed E-state index contributed by atoms with van der Waals surface area (Å²) in [6.45, 7) is 2.53. The minimum atomic E-state index is -0.287. The van der Waals surface area contributed by atoms with Crippen LogP contribution >= 0.6 is 11.3 Å². The molecule has 0 atom stereocenters. The van der Waals surface area contributed by atoms with Crippen LogP contribution in [0.4, 0.5) is 0 Å². The Labute approximate surface area is 141 Å². The average molecular weight is 341 g/mol. The topological polar surface area (TPSA) is 72.3 Å². The lowest BCUT2D eigenvalue weighted by Gasteiger charge is -2.01. The highest BCUT2D eigenvalue weighted by Crippen LogP contribution is 2.12. The molecule has 1 N–H and O–H groups in total. The Kier molecular flexibility index (Phi) is 4.77. The number of rotatable bonds is 5. The number of hydrogen-bond acceptors (Lipinski definition) is 5. The monoisotopic (exact) mass is 341 g/mol. The van der Waals surface area contributed by atoms with Gasteiger partial charge >= 0.3 is 0 Å². The predicted octanol–water partition coefficient (Wildman–Crippen LogP) is 1.92. The van der Waals surface area contributed by atoms with E-state index in [2.05, 4.69) is 4.98 Å². The number of ketones is 1. The molecule has 6 heteroatoms. The summed E-state index contributed by atoms with van der Waals surface area (Å²) in [7, 11) is 0. The second-order valence-electron chi connectivity index (χ2n) is 4.92. The number of aromatic nitrogens is 1. The number of H-pyrrole nitrogens is 1. The maximum atomic E-state index is 12.0. The molecule has 5 nitrogen and oxygen atoms in total. The highest BCUT2D eigenvalue weighted by atomic mass is 32.1. The fourth-order valence-corrected chi connectivity index (χ4v) is 3.00. The summed E-state index contributed by atoms with van der Waals surface area (Å²) in [5, 5.41) is 0. The molecule has 24 heavy (non-hydrogen) atoms. The fourth-order valence-electron chi connectivity index (χ4n) is 2.11. The largest absolute Gasteiger partial charge is 0.494 e. The molecule has 0 aliphatic rings. The number of benzene rings is 1. The molecule has 0 fully saturated rings. The number of aromatic amines is 1. The van der Waals surface area contributed by atoms with Crippen molar-refractivity contribution in [1.82, 2.24) is 4.98 Å². The number of carbonyl (C=O) groups is 1. The van der Waals surface area contributed by atoms with E-state index < -0.39 is 0 Å². The van der Waals surface area contributed by atoms with E-state index in [1.165, 1.54) is 23.7 Å². The Morgan fingerprint density at radius 2 is 2.08 bits per heavy atom. The summed E-state index contributed by atoms with van der Waals surface area (Å²) < 4.78 is 11.4. The molecule has 0 unspecified atom stereocenters. The van der Waals surface area contributed by atoms with Crippen LogP contribution in [-0.2, 0) is 0 Å². The van der Waals surface area contributed by atoms with Crippen molar-refractivity contribution < 1.29 is 13.9 Å². The summed E-state index contributed by atoms with van der Waals surface area (Å²) in [4.78, 5) is 26.7. The van der Waals surface area contributed by atoms with Gasteiger partial charge in [0.25, 0.3) is 5.56 Å². The first kappa shape index (κ1) is 16.0. The second kappa shape index (κ2) is 7.14. The van der Waals surface area contributed by atoms with Crippen LogP contribution < -0.4 is 19.5 Å². The van der Waals surface area contributed by atoms with Crippen molar-refractivity contribution in [2.24, 2.45) is 0 Å². The zero-order chi connectivity index (χ0) is 16.9. The van der Waals surface area contributed by atoms with E-state index in [1.54, 1.807) is 18.2 Å². The SMILES string of the molecule is CCOc1ccc(/C=c2\s/c(=C\C(=O)c3ccco3)[nH]c2=O)cc1. The van der Waals surface area contributed by atoms with Gasteiger partial charge in [0, 0.05) is 6.08 Å². The van der Waals surface area contributed by atoms with Gasteiger partial charge in [-0.25, -0.2) is 0 Å². The highest BCUT2D eigenvalue weighted by molar-refractivity contribution is 7.07. The molecule has 3 aromatic rings. The van der Waals surface area contributed by atoms with E-state index in [0.717, 1.165) is 11.3 Å². The smallest absolute Gasteiger partial charge is 0.266 e. The first-order valence-electron chi connectivity index (χ1n) is 7.39. The van der Waals surface area contributed by atoms with Gasteiger partial charge in [0.1, 0.15) is 5.75 Å². The highest BCUT2D eigenvalue weighted by Gasteiger charge is 2.05. The number of carbonyl (C=O) groups excluding carboxylic acids is 1. The first-order chi connectivity index (χ1) is 11.7. The first-order valence-corrected chi connectivity index (χ1v) is 8.20. The van der Waals surface area contributed by atoms with Gasteiger partial charge in [-0.05, 0) is 42.8 Å². The quantitative estimate of drug-likeness (QED) is 0.720. The maximum Gasteiger partial charge on any atom is 0.266 e. The van der Waals surface area contributed by atoms with Gasteiger partial charge in [-0.3, -0.25) is 9.59 Å². The van der Waals surface area contributed by atoms with Gasteiger partial charge in [0.15, 0.2) is 5.76 Å². The van der Waals surface area contributed by atoms with Crippen molar-refractivity contribution in [3.05, 3.63) is 73.5 Å².